The summed E-state index contributed by atoms with van der Waals surface area (Å²) < 4.78 is 5.56. The van der Waals surface area contributed by atoms with Gasteiger partial charge in [-0.1, -0.05) is 88.6 Å². The minimum Gasteiger partial charge on any atom is -0.505 e. The lowest BCUT2D eigenvalue weighted by Gasteiger charge is -2.17. The molecule has 1 aromatic heterocycles. The Morgan fingerprint density at radius 3 is 2.47 bits per heavy atom. The highest BCUT2D eigenvalue weighted by molar-refractivity contribution is 6.37. The second-order valence-corrected chi connectivity index (χ2v) is 8.01. The molecule has 1 atom stereocenters. The molecule has 1 unspecified atom stereocenters. The van der Waals surface area contributed by atoms with Crippen LogP contribution in [0, 0.1) is 0 Å². The minimum atomic E-state index is -0.161. The van der Waals surface area contributed by atoms with Gasteiger partial charge in [0.25, 0.3) is 0 Å². The van der Waals surface area contributed by atoms with Gasteiger partial charge in [0.2, 0.25) is 11.7 Å². The molecule has 2 aromatic carbocycles. The Bertz CT molecular complexity index is 1130. The fourth-order valence-corrected chi connectivity index (χ4v) is 4.00. The molecule has 0 aliphatic heterocycles. The number of rotatable bonds is 5. The van der Waals surface area contributed by atoms with E-state index in [2.05, 4.69) is 53.5 Å². The largest absolute Gasteiger partial charge is 0.505 e. The zero-order valence-corrected chi connectivity index (χ0v) is 19.3. The second-order valence-electron chi connectivity index (χ2n) is 7.20. The van der Waals surface area contributed by atoms with Crippen LogP contribution in [0.3, 0.4) is 0 Å². The molecule has 2 N–H and O–H groups in total. The number of allylic oxidation sites excluding steroid dienone is 6. The van der Waals surface area contributed by atoms with Crippen LogP contribution in [0.2, 0.25) is 10.0 Å². The Morgan fingerprint density at radius 1 is 1.09 bits per heavy atom. The summed E-state index contributed by atoms with van der Waals surface area (Å²) in [5.41, 5.74) is 4.20. The van der Waals surface area contributed by atoms with Crippen LogP contribution in [-0.4, -0.2) is 27.5 Å². The van der Waals surface area contributed by atoms with Gasteiger partial charge in [-0.25, -0.2) is 0 Å². The van der Waals surface area contributed by atoms with Crippen molar-refractivity contribution >= 4 is 23.2 Å². The molecule has 32 heavy (non-hydrogen) atoms. The summed E-state index contributed by atoms with van der Waals surface area (Å²) in [6.45, 7) is 2.10. The van der Waals surface area contributed by atoms with E-state index >= 15 is 0 Å². The molecular formula is C25H24Cl2N2O3. The van der Waals surface area contributed by atoms with Crippen molar-refractivity contribution in [1.29, 1.82) is 0 Å². The quantitative estimate of drug-likeness (QED) is 0.443. The lowest BCUT2D eigenvalue weighted by Crippen LogP contribution is -2.06. The number of aromatic nitrogens is 2. The number of nitrogens with zero attached hydrogens (tertiary/aromatic N) is 2. The van der Waals surface area contributed by atoms with E-state index in [9.17, 15) is 5.11 Å². The van der Waals surface area contributed by atoms with E-state index in [1.165, 1.54) is 16.7 Å². The van der Waals surface area contributed by atoms with E-state index in [1.54, 1.807) is 12.1 Å². The Labute approximate surface area is 197 Å². The topological polar surface area (TPSA) is 79.4 Å². The first-order valence-corrected chi connectivity index (χ1v) is 10.8. The number of hydrogen-bond acceptors (Lipinski definition) is 5. The number of phenols is 1. The second kappa shape index (κ2) is 11.1. The van der Waals surface area contributed by atoms with Crippen molar-refractivity contribution in [3.63, 3.8) is 0 Å². The molecule has 0 radical (unpaired) electrons. The van der Waals surface area contributed by atoms with Gasteiger partial charge in [-0.05, 0) is 36.6 Å². The first-order valence-electron chi connectivity index (χ1n) is 10.1. The molecule has 1 aliphatic rings. The molecule has 0 saturated heterocycles. The van der Waals surface area contributed by atoms with Crippen molar-refractivity contribution in [3.8, 4) is 17.1 Å². The Balaban J connectivity index is 0.00000141. The molecule has 0 bridgehead atoms. The van der Waals surface area contributed by atoms with E-state index in [0.717, 1.165) is 13.5 Å². The van der Waals surface area contributed by atoms with Crippen molar-refractivity contribution in [3.05, 3.63) is 99.4 Å². The van der Waals surface area contributed by atoms with Crippen molar-refractivity contribution in [2.75, 3.05) is 7.11 Å². The lowest BCUT2D eigenvalue weighted by molar-refractivity contribution is 0.374. The van der Waals surface area contributed by atoms with Gasteiger partial charge in [0, 0.05) is 25.0 Å². The third-order valence-electron chi connectivity index (χ3n) is 4.99. The van der Waals surface area contributed by atoms with Gasteiger partial charge in [0.1, 0.15) is 0 Å². The van der Waals surface area contributed by atoms with E-state index in [0.29, 0.717) is 23.7 Å². The number of halogens is 2. The molecule has 0 amide bonds. The number of phenolic OH excluding ortho intramolecular Hbond substituents is 1. The summed E-state index contributed by atoms with van der Waals surface area (Å²) in [7, 11) is 1.00. The molecule has 1 heterocycles. The highest BCUT2D eigenvalue weighted by Gasteiger charge is 2.21. The summed E-state index contributed by atoms with van der Waals surface area (Å²) in [6, 6.07) is 13.4. The average Bonchev–Trinajstić information content (AvgIpc) is 3.18. The number of benzene rings is 2. The number of aromatic hydroxyl groups is 1. The third-order valence-corrected chi connectivity index (χ3v) is 5.57. The fourth-order valence-electron chi connectivity index (χ4n) is 3.51. The monoisotopic (exact) mass is 470 g/mol. The molecule has 5 nitrogen and oxygen atoms in total. The predicted molar refractivity (Wildman–Crippen MR) is 128 cm³/mol. The summed E-state index contributed by atoms with van der Waals surface area (Å²) in [4.78, 5) is 4.55. The van der Waals surface area contributed by atoms with Gasteiger partial charge in [-0.15, -0.1) is 0 Å². The zero-order valence-electron chi connectivity index (χ0n) is 17.8. The smallest absolute Gasteiger partial charge is 0.227 e. The Hall–Kier alpha value is -2.86. The van der Waals surface area contributed by atoms with Gasteiger partial charge in [0.05, 0.1) is 10.0 Å². The standard InChI is InChI=1S/C24H20Cl2N2O2.CH4O/c1-15-7-5-6-10-17(11-15)19(16-8-3-2-4-9-16)14-22-27-24(28-30-22)18-12-20(25)23(29)21(26)13-18;1-2/h2-5,7-13,19,29H,6,14H2,1H3;2H,1H3. The van der Waals surface area contributed by atoms with Crippen LogP contribution in [0.1, 0.15) is 30.7 Å². The molecule has 3 aromatic rings. The number of aliphatic hydroxyl groups is 1. The molecular weight excluding hydrogens is 447 g/mol. The van der Waals surface area contributed by atoms with Crippen molar-refractivity contribution < 1.29 is 14.7 Å². The molecule has 7 heteroatoms. The van der Waals surface area contributed by atoms with Crippen LogP contribution >= 0.6 is 23.2 Å². The van der Waals surface area contributed by atoms with Gasteiger partial charge >= 0.3 is 0 Å². The maximum Gasteiger partial charge on any atom is 0.227 e. The van der Waals surface area contributed by atoms with E-state index in [1.807, 2.05) is 18.2 Å². The van der Waals surface area contributed by atoms with Crippen molar-refractivity contribution in [2.45, 2.75) is 25.7 Å². The first-order chi connectivity index (χ1) is 15.5. The number of hydrogen-bond donors (Lipinski definition) is 2. The van der Waals surface area contributed by atoms with Gasteiger partial charge in [-0.3, -0.25) is 0 Å². The molecule has 0 saturated carbocycles. The summed E-state index contributed by atoms with van der Waals surface area (Å²) in [5.74, 6) is 0.819. The van der Waals surface area contributed by atoms with Crippen LogP contribution in [0.25, 0.3) is 11.4 Å². The van der Waals surface area contributed by atoms with E-state index in [-0.39, 0.29) is 21.7 Å². The maximum atomic E-state index is 9.77. The molecule has 166 valence electrons. The highest BCUT2D eigenvalue weighted by Crippen LogP contribution is 2.36. The van der Waals surface area contributed by atoms with Crippen LogP contribution in [0.15, 0.2) is 82.4 Å². The first kappa shape index (κ1) is 23.8. The van der Waals surface area contributed by atoms with E-state index < -0.39 is 0 Å². The predicted octanol–water partition coefficient (Wildman–Crippen LogP) is 6.52. The van der Waals surface area contributed by atoms with Crippen LogP contribution in [0.4, 0.5) is 0 Å². The molecule has 0 spiro atoms. The van der Waals surface area contributed by atoms with Crippen molar-refractivity contribution in [2.24, 2.45) is 0 Å². The number of aliphatic hydroxyl groups excluding tert-OH is 1. The van der Waals surface area contributed by atoms with Crippen LogP contribution in [-0.2, 0) is 6.42 Å². The minimum absolute atomic E-state index is 0.0846. The van der Waals surface area contributed by atoms with Gasteiger partial charge in [-0.2, -0.15) is 4.98 Å². The fraction of sp³-hybridized carbons (Fsp3) is 0.200. The summed E-state index contributed by atoms with van der Waals surface area (Å²) in [6.07, 6.45) is 10.2. The Morgan fingerprint density at radius 2 is 1.78 bits per heavy atom. The molecule has 0 fully saturated rings. The van der Waals surface area contributed by atoms with Gasteiger partial charge in [0.15, 0.2) is 5.75 Å². The van der Waals surface area contributed by atoms with Crippen LogP contribution < -0.4 is 0 Å². The average molecular weight is 471 g/mol. The normalized spacial score (nSPS) is 14.0. The maximum absolute atomic E-state index is 9.77. The molecule has 4 rings (SSSR count). The molecule has 1 aliphatic carbocycles. The lowest BCUT2D eigenvalue weighted by atomic mass is 9.87. The van der Waals surface area contributed by atoms with E-state index in [4.69, 9.17) is 32.8 Å². The third kappa shape index (κ3) is 5.68. The zero-order chi connectivity index (χ0) is 23.1. The SMILES string of the molecule is CC1=CC(C(Cc2nc(-c3cc(Cl)c(O)c(Cl)c3)no2)c2ccccc2)=CCC=C1.CO. The summed E-state index contributed by atoms with van der Waals surface area (Å²) in [5, 5.41) is 21.1. The Kier molecular flexibility index (Phi) is 8.28. The van der Waals surface area contributed by atoms with Gasteiger partial charge < -0.3 is 14.7 Å². The summed E-state index contributed by atoms with van der Waals surface area (Å²) >= 11 is 12.1. The van der Waals surface area contributed by atoms with Crippen molar-refractivity contribution in [1.82, 2.24) is 10.1 Å². The highest BCUT2D eigenvalue weighted by atomic mass is 35.5. The van der Waals surface area contributed by atoms with Crippen LogP contribution in [0.5, 0.6) is 5.75 Å².